The Morgan fingerprint density at radius 3 is 2.60 bits per heavy atom. The molecule has 2 aromatic carbocycles. The number of esters is 1. The Labute approximate surface area is 176 Å². The Balaban J connectivity index is 2.34. The fourth-order valence-corrected chi connectivity index (χ4v) is 2.55. The van der Waals surface area contributed by atoms with E-state index >= 15 is 0 Å². The second-order valence-corrected chi connectivity index (χ2v) is 6.21. The standard InChI is InChI=1S/C20H16ClN3O6/c1-3-29-19-9-13(4-7-18(19)30-12(2)25)8-14(11-22)20(26)23-16-6-5-15(21)10-17(16)24(27)28/h4-10H,3H2,1-2H3,(H,23,26). The SMILES string of the molecule is CCOc1cc(C=C(C#N)C(=O)Nc2ccc(Cl)cc2[N+](=O)[O-])ccc1OC(C)=O. The number of halogens is 1. The molecule has 9 nitrogen and oxygen atoms in total. The summed E-state index contributed by atoms with van der Waals surface area (Å²) in [7, 11) is 0. The van der Waals surface area contributed by atoms with Crippen LogP contribution in [0.5, 0.6) is 11.5 Å². The Hall–Kier alpha value is -3.90. The number of carbonyl (C=O) groups is 2. The van der Waals surface area contributed by atoms with E-state index in [1.165, 1.54) is 43.3 Å². The molecule has 154 valence electrons. The maximum atomic E-state index is 12.5. The average Bonchev–Trinajstić information content (AvgIpc) is 2.68. The number of amides is 1. The van der Waals surface area contributed by atoms with Crippen molar-refractivity contribution in [1.29, 1.82) is 5.26 Å². The van der Waals surface area contributed by atoms with E-state index in [1.54, 1.807) is 13.0 Å². The number of anilines is 1. The van der Waals surface area contributed by atoms with Crippen LogP contribution in [0.25, 0.3) is 6.08 Å². The molecule has 0 saturated carbocycles. The molecule has 1 N–H and O–H groups in total. The van der Waals surface area contributed by atoms with E-state index in [1.807, 2.05) is 0 Å². The van der Waals surface area contributed by atoms with E-state index in [9.17, 15) is 25.0 Å². The lowest BCUT2D eigenvalue weighted by Crippen LogP contribution is -2.14. The molecule has 0 fully saturated rings. The number of nitrogens with zero attached hydrogens (tertiary/aromatic N) is 2. The summed E-state index contributed by atoms with van der Waals surface area (Å²) in [6.45, 7) is 3.29. The first-order valence-electron chi connectivity index (χ1n) is 8.57. The molecule has 0 aliphatic rings. The lowest BCUT2D eigenvalue weighted by molar-refractivity contribution is -0.383. The molecule has 30 heavy (non-hydrogen) atoms. The van der Waals surface area contributed by atoms with E-state index in [2.05, 4.69) is 5.32 Å². The van der Waals surface area contributed by atoms with Gasteiger partial charge in [-0.25, -0.2) is 0 Å². The first-order valence-corrected chi connectivity index (χ1v) is 8.95. The summed E-state index contributed by atoms with van der Waals surface area (Å²) < 4.78 is 10.5. The zero-order valence-electron chi connectivity index (χ0n) is 16.0. The molecule has 0 bridgehead atoms. The highest BCUT2D eigenvalue weighted by Crippen LogP contribution is 2.30. The number of carbonyl (C=O) groups excluding carboxylic acids is 2. The number of benzene rings is 2. The Kier molecular flexibility index (Phi) is 7.50. The molecule has 0 spiro atoms. The van der Waals surface area contributed by atoms with Crippen LogP contribution in [0.15, 0.2) is 42.0 Å². The average molecular weight is 430 g/mol. The first kappa shape index (κ1) is 22.4. The van der Waals surface area contributed by atoms with Crippen molar-refractivity contribution >= 4 is 40.9 Å². The van der Waals surface area contributed by atoms with Gasteiger partial charge >= 0.3 is 5.97 Å². The van der Waals surface area contributed by atoms with Crippen LogP contribution in [0.4, 0.5) is 11.4 Å². The zero-order valence-corrected chi connectivity index (χ0v) is 16.7. The minimum Gasteiger partial charge on any atom is -0.490 e. The van der Waals surface area contributed by atoms with Gasteiger partial charge in [-0.2, -0.15) is 5.26 Å². The van der Waals surface area contributed by atoms with Gasteiger partial charge in [-0.1, -0.05) is 17.7 Å². The Morgan fingerprint density at radius 1 is 1.27 bits per heavy atom. The van der Waals surface area contributed by atoms with Crippen LogP contribution in [-0.4, -0.2) is 23.4 Å². The summed E-state index contributed by atoms with van der Waals surface area (Å²) in [5, 5.41) is 23.0. The molecular formula is C20H16ClN3O6. The minimum absolute atomic E-state index is 0.101. The highest BCUT2D eigenvalue weighted by Gasteiger charge is 2.19. The molecule has 1 amide bonds. The molecular weight excluding hydrogens is 414 g/mol. The lowest BCUT2D eigenvalue weighted by Gasteiger charge is -2.10. The van der Waals surface area contributed by atoms with Crippen molar-refractivity contribution in [2.75, 3.05) is 11.9 Å². The number of rotatable bonds is 7. The van der Waals surface area contributed by atoms with Crippen molar-refractivity contribution in [3.63, 3.8) is 0 Å². The molecule has 0 atom stereocenters. The fourth-order valence-electron chi connectivity index (χ4n) is 2.39. The van der Waals surface area contributed by atoms with Crippen LogP contribution < -0.4 is 14.8 Å². The van der Waals surface area contributed by atoms with Gasteiger partial charge in [-0.15, -0.1) is 0 Å². The topological polar surface area (TPSA) is 132 Å². The molecule has 0 aliphatic carbocycles. The van der Waals surface area contributed by atoms with Crippen molar-refractivity contribution in [1.82, 2.24) is 0 Å². The summed E-state index contributed by atoms with van der Waals surface area (Å²) in [5.74, 6) is -0.917. The molecule has 2 rings (SSSR count). The maximum absolute atomic E-state index is 12.5. The van der Waals surface area contributed by atoms with Crippen LogP contribution in [0.2, 0.25) is 5.02 Å². The number of hydrogen-bond acceptors (Lipinski definition) is 7. The van der Waals surface area contributed by atoms with Crippen LogP contribution >= 0.6 is 11.6 Å². The third-order valence-corrected chi connectivity index (χ3v) is 3.84. The highest BCUT2D eigenvalue weighted by molar-refractivity contribution is 6.31. The molecule has 10 heteroatoms. The van der Waals surface area contributed by atoms with Gasteiger partial charge < -0.3 is 14.8 Å². The number of hydrogen-bond donors (Lipinski definition) is 1. The molecule has 0 heterocycles. The second kappa shape index (κ2) is 10.0. The predicted molar refractivity (Wildman–Crippen MR) is 109 cm³/mol. The van der Waals surface area contributed by atoms with E-state index in [0.29, 0.717) is 12.2 Å². The van der Waals surface area contributed by atoms with Gasteiger partial charge in [-0.3, -0.25) is 19.7 Å². The Bertz CT molecular complexity index is 1070. The van der Waals surface area contributed by atoms with E-state index in [-0.39, 0.29) is 27.8 Å². The third kappa shape index (κ3) is 5.80. The monoisotopic (exact) mass is 429 g/mol. The molecule has 0 aliphatic heterocycles. The van der Waals surface area contributed by atoms with Gasteiger partial charge in [-0.05, 0) is 42.8 Å². The molecule has 0 radical (unpaired) electrons. The van der Waals surface area contributed by atoms with Gasteiger partial charge in [0.1, 0.15) is 17.3 Å². The summed E-state index contributed by atoms with van der Waals surface area (Å²) in [6, 6.07) is 9.99. The zero-order chi connectivity index (χ0) is 22.3. The van der Waals surface area contributed by atoms with Crippen LogP contribution in [0, 0.1) is 21.4 Å². The van der Waals surface area contributed by atoms with Crippen LogP contribution in [0.3, 0.4) is 0 Å². The summed E-state index contributed by atoms with van der Waals surface area (Å²) in [5.41, 5.74) is -0.387. The van der Waals surface area contributed by atoms with E-state index in [4.69, 9.17) is 21.1 Å². The predicted octanol–water partition coefficient (Wildman–Crippen LogP) is 4.12. The molecule has 0 saturated heterocycles. The van der Waals surface area contributed by atoms with Gasteiger partial charge in [0, 0.05) is 18.0 Å². The summed E-state index contributed by atoms with van der Waals surface area (Å²) >= 11 is 5.76. The third-order valence-electron chi connectivity index (χ3n) is 3.60. The summed E-state index contributed by atoms with van der Waals surface area (Å²) in [4.78, 5) is 34.1. The number of nitrogens with one attached hydrogen (secondary N) is 1. The van der Waals surface area contributed by atoms with Gasteiger partial charge in [0.25, 0.3) is 11.6 Å². The van der Waals surface area contributed by atoms with Crippen LogP contribution in [-0.2, 0) is 9.59 Å². The summed E-state index contributed by atoms with van der Waals surface area (Å²) in [6.07, 6.45) is 1.27. The molecule has 0 aromatic heterocycles. The van der Waals surface area contributed by atoms with Gasteiger partial charge in [0.05, 0.1) is 11.5 Å². The lowest BCUT2D eigenvalue weighted by atomic mass is 10.1. The molecule has 2 aromatic rings. The fraction of sp³-hybridized carbons (Fsp3) is 0.150. The van der Waals surface area contributed by atoms with Crippen molar-refractivity contribution in [3.8, 4) is 17.6 Å². The maximum Gasteiger partial charge on any atom is 0.308 e. The van der Waals surface area contributed by atoms with E-state index in [0.717, 1.165) is 6.07 Å². The number of nitro groups is 1. The number of ether oxygens (including phenoxy) is 2. The van der Waals surface area contributed by atoms with Gasteiger partial charge in [0.15, 0.2) is 11.5 Å². The quantitative estimate of drug-likeness (QED) is 0.175. The highest BCUT2D eigenvalue weighted by atomic mass is 35.5. The van der Waals surface area contributed by atoms with Crippen molar-refractivity contribution in [2.24, 2.45) is 0 Å². The first-order chi connectivity index (χ1) is 14.2. The normalized spacial score (nSPS) is 10.7. The number of nitro benzene ring substituents is 1. The largest absolute Gasteiger partial charge is 0.490 e. The van der Waals surface area contributed by atoms with Crippen molar-refractivity contribution in [2.45, 2.75) is 13.8 Å². The number of nitriles is 1. The smallest absolute Gasteiger partial charge is 0.308 e. The van der Waals surface area contributed by atoms with Gasteiger partial charge in [0.2, 0.25) is 0 Å². The van der Waals surface area contributed by atoms with Crippen molar-refractivity contribution < 1.29 is 24.0 Å². The second-order valence-electron chi connectivity index (χ2n) is 5.78. The van der Waals surface area contributed by atoms with E-state index < -0.39 is 22.5 Å². The molecule has 0 unspecified atom stereocenters. The van der Waals surface area contributed by atoms with Crippen LogP contribution in [0.1, 0.15) is 19.4 Å². The Morgan fingerprint density at radius 2 is 2.00 bits per heavy atom. The minimum atomic E-state index is -0.843. The van der Waals surface area contributed by atoms with Crippen molar-refractivity contribution in [3.05, 3.63) is 62.7 Å².